The average Bonchev–Trinajstić information content (AvgIpc) is 3.65. The van der Waals surface area contributed by atoms with Crippen LogP contribution in [0.1, 0.15) is 68.9 Å². The highest BCUT2D eigenvalue weighted by atomic mass is 16.3. The number of aliphatic imine (C=N–C) groups is 1. The van der Waals surface area contributed by atoms with Crippen LogP contribution in [0.5, 0.6) is 0 Å². The Kier molecular flexibility index (Phi) is 7.07. The van der Waals surface area contributed by atoms with E-state index in [-0.39, 0.29) is 17.3 Å². The highest BCUT2D eigenvalue weighted by molar-refractivity contribution is 6.18. The highest BCUT2D eigenvalue weighted by Crippen LogP contribution is 2.49. The van der Waals surface area contributed by atoms with Crippen LogP contribution in [0.2, 0.25) is 0 Å². The van der Waals surface area contributed by atoms with Crippen molar-refractivity contribution < 1.29 is 4.42 Å². The first kappa shape index (κ1) is 30.6. The molecule has 0 spiro atoms. The third-order valence-corrected chi connectivity index (χ3v) is 11.5. The fourth-order valence-electron chi connectivity index (χ4n) is 8.63. The molecule has 0 fully saturated rings. The van der Waals surface area contributed by atoms with E-state index in [1.807, 2.05) is 0 Å². The van der Waals surface area contributed by atoms with Crippen LogP contribution in [0.4, 0.5) is 0 Å². The topological polar surface area (TPSA) is 25.5 Å². The predicted octanol–water partition coefficient (Wildman–Crippen LogP) is 13.0. The zero-order chi connectivity index (χ0) is 34.1. The maximum absolute atomic E-state index is 6.68. The molecule has 244 valence electrons. The van der Waals surface area contributed by atoms with Crippen molar-refractivity contribution in [1.82, 2.24) is 0 Å². The van der Waals surface area contributed by atoms with Gasteiger partial charge in [-0.3, -0.25) is 4.99 Å². The summed E-state index contributed by atoms with van der Waals surface area (Å²) in [5, 5.41) is 4.69. The molecule has 0 amide bonds. The fraction of sp³-hybridized carbons (Fsp3) is 0.188. The van der Waals surface area contributed by atoms with E-state index in [0.717, 1.165) is 45.3 Å². The van der Waals surface area contributed by atoms with Crippen molar-refractivity contribution in [2.75, 3.05) is 0 Å². The second-order valence-electron chi connectivity index (χ2n) is 14.6. The van der Waals surface area contributed by atoms with E-state index in [1.54, 1.807) is 0 Å². The van der Waals surface area contributed by atoms with Crippen LogP contribution in [0, 0.1) is 11.8 Å². The molecule has 9 rings (SSSR count). The third kappa shape index (κ3) is 4.58. The molecule has 2 nitrogen and oxygen atoms in total. The Labute approximate surface area is 294 Å². The van der Waals surface area contributed by atoms with Gasteiger partial charge in [0.05, 0.1) is 11.4 Å². The minimum Gasteiger partial charge on any atom is -0.455 e. The molecule has 2 unspecified atom stereocenters. The van der Waals surface area contributed by atoms with Crippen molar-refractivity contribution in [3.8, 4) is 11.1 Å². The van der Waals surface area contributed by atoms with Crippen molar-refractivity contribution in [2.24, 2.45) is 16.8 Å². The molecule has 1 aliphatic carbocycles. The van der Waals surface area contributed by atoms with Gasteiger partial charge in [-0.2, -0.15) is 0 Å². The van der Waals surface area contributed by atoms with Gasteiger partial charge >= 0.3 is 0 Å². The molecule has 50 heavy (non-hydrogen) atoms. The molecule has 0 saturated carbocycles. The summed E-state index contributed by atoms with van der Waals surface area (Å²) in [5.74, 6) is 0.243. The van der Waals surface area contributed by atoms with Gasteiger partial charge < -0.3 is 4.42 Å². The minimum atomic E-state index is -0.0858. The van der Waals surface area contributed by atoms with Crippen molar-refractivity contribution in [3.63, 3.8) is 0 Å². The molecule has 6 aromatic carbocycles. The Balaban J connectivity index is 1.29. The largest absolute Gasteiger partial charge is 0.455 e. The number of hydrogen-bond donors (Lipinski definition) is 0. The van der Waals surface area contributed by atoms with Crippen molar-refractivity contribution in [1.29, 1.82) is 0 Å². The van der Waals surface area contributed by atoms with Crippen LogP contribution in [0.25, 0.3) is 55.1 Å². The molecule has 1 aromatic heterocycles. The van der Waals surface area contributed by atoms with Gasteiger partial charge in [0, 0.05) is 39.0 Å². The Morgan fingerprint density at radius 2 is 1.42 bits per heavy atom. The summed E-state index contributed by atoms with van der Waals surface area (Å²) >= 11 is 0. The average molecular weight is 648 g/mol. The van der Waals surface area contributed by atoms with E-state index < -0.39 is 0 Å². The van der Waals surface area contributed by atoms with Crippen LogP contribution in [-0.2, 0) is 5.41 Å². The number of furan rings is 1. The van der Waals surface area contributed by atoms with Gasteiger partial charge in [0.25, 0.3) is 0 Å². The second kappa shape index (κ2) is 11.6. The minimum absolute atomic E-state index is 0.0858. The van der Waals surface area contributed by atoms with Crippen LogP contribution in [0.15, 0.2) is 148 Å². The predicted molar refractivity (Wildman–Crippen MR) is 212 cm³/mol. The molecular weight excluding hydrogens is 607 g/mol. The lowest BCUT2D eigenvalue weighted by Crippen LogP contribution is -2.20. The van der Waals surface area contributed by atoms with E-state index >= 15 is 0 Å². The van der Waals surface area contributed by atoms with E-state index in [9.17, 15) is 0 Å². The Bertz CT molecular complexity index is 2570. The molecule has 7 aromatic rings. The second-order valence-corrected chi connectivity index (χ2v) is 14.6. The number of nitrogens with zero attached hydrogens (tertiary/aromatic N) is 1. The first-order valence-electron chi connectivity index (χ1n) is 18.0. The van der Waals surface area contributed by atoms with Crippen molar-refractivity contribution in [3.05, 3.63) is 167 Å². The maximum atomic E-state index is 6.68. The van der Waals surface area contributed by atoms with E-state index in [2.05, 4.69) is 168 Å². The lowest BCUT2D eigenvalue weighted by atomic mass is 9.78. The molecule has 0 N–H and O–H groups in total. The van der Waals surface area contributed by atoms with Crippen LogP contribution >= 0.6 is 0 Å². The molecule has 0 bridgehead atoms. The summed E-state index contributed by atoms with van der Waals surface area (Å²) in [6, 6.07) is 46.3. The van der Waals surface area contributed by atoms with Gasteiger partial charge in [0.1, 0.15) is 11.2 Å². The molecule has 2 heterocycles. The molecule has 2 heteroatoms. The zero-order valence-electron chi connectivity index (χ0n) is 29.4. The molecule has 2 aliphatic rings. The van der Waals surface area contributed by atoms with Crippen LogP contribution < -0.4 is 0 Å². The first-order valence-corrected chi connectivity index (χ1v) is 18.0. The molecular formula is C48H41NO. The summed E-state index contributed by atoms with van der Waals surface area (Å²) in [7, 11) is 0. The number of benzene rings is 6. The van der Waals surface area contributed by atoms with Crippen molar-refractivity contribution >= 4 is 49.7 Å². The van der Waals surface area contributed by atoms with Gasteiger partial charge in [0.15, 0.2) is 0 Å². The molecule has 2 atom stereocenters. The van der Waals surface area contributed by atoms with E-state index in [0.29, 0.717) is 0 Å². The standard InChI is InChI=1S/C48H41NO/c1-6-31-27-40(38-20-14-22-43-44(38)39-26-23-32-15-10-11-18-35(32)47(39)50-43)29(2)30(3)45(33-16-8-7-9-17-33)49-46(31)34-24-25-37-36-19-12-13-21-41(36)48(4,5)42(37)28-34/h7-29,31H,6H2,1-5H3/b40-27+,45-30-,49-46+. The van der Waals surface area contributed by atoms with Crippen molar-refractivity contribution in [2.45, 2.75) is 46.5 Å². The normalized spacial score (nSPS) is 22.0. The summed E-state index contributed by atoms with van der Waals surface area (Å²) in [4.78, 5) is 5.68. The summed E-state index contributed by atoms with van der Waals surface area (Å²) < 4.78 is 6.68. The van der Waals surface area contributed by atoms with Gasteiger partial charge in [-0.05, 0) is 81.5 Å². The Morgan fingerprint density at radius 1 is 0.680 bits per heavy atom. The first-order chi connectivity index (χ1) is 24.3. The summed E-state index contributed by atoms with van der Waals surface area (Å²) in [5.41, 5.74) is 15.6. The Hall–Kier alpha value is -5.47. The lowest BCUT2D eigenvalue weighted by molar-refractivity contribution is 0.660. The van der Waals surface area contributed by atoms with Crippen LogP contribution in [-0.4, -0.2) is 5.71 Å². The summed E-state index contributed by atoms with van der Waals surface area (Å²) in [6.07, 6.45) is 3.46. The monoisotopic (exact) mass is 647 g/mol. The Morgan fingerprint density at radius 3 is 2.26 bits per heavy atom. The SMILES string of the molecule is CCC1/C=C(/c2cccc3oc4c5ccccc5ccc4c23)C(C)/C(C)=C(c2ccccc2)\N=C/1c1ccc2c(c1)C(C)(C)c1ccccc1-2. The molecule has 1 aliphatic heterocycles. The van der Waals surface area contributed by atoms with Crippen LogP contribution in [0.3, 0.4) is 0 Å². The smallest absolute Gasteiger partial charge is 0.143 e. The molecule has 0 radical (unpaired) electrons. The number of fused-ring (bicyclic) bond motifs is 8. The van der Waals surface area contributed by atoms with Gasteiger partial charge in [-0.25, -0.2) is 0 Å². The highest BCUT2D eigenvalue weighted by Gasteiger charge is 2.36. The molecule has 0 saturated heterocycles. The maximum Gasteiger partial charge on any atom is 0.143 e. The third-order valence-electron chi connectivity index (χ3n) is 11.5. The van der Waals surface area contributed by atoms with E-state index in [4.69, 9.17) is 9.41 Å². The number of hydrogen-bond acceptors (Lipinski definition) is 2. The number of rotatable bonds is 4. The van der Waals surface area contributed by atoms with Gasteiger partial charge in [-0.1, -0.05) is 143 Å². The number of allylic oxidation sites excluding steroid dienone is 3. The quantitative estimate of drug-likeness (QED) is 0.187. The van der Waals surface area contributed by atoms with E-state index in [1.165, 1.54) is 55.3 Å². The zero-order valence-corrected chi connectivity index (χ0v) is 29.4. The fourth-order valence-corrected chi connectivity index (χ4v) is 8.63. The van der Waals surface area contributed by atoms with Gasteiger partial charge in [0.2, 0.25) is 0 Å². The summed E-state index contributed by atoms with van der Waals surface area (Å²) in [6.45, 7) is 11.6. The van der Waals surface area contributed by atoms with Gasteiger partial charge in [-0.15, -0.1) is 0 Å². The lowest BCUT2D eigenvalue weighted by Gasteiger charge is -2.28.